The van der Waals surface area contributed by atoms with Crippen molar-refractivity contribution in [1.82, 2.24) is 14.1 Å². The number of rotatable bonds is 5. The van der Waals surface area contributed by atoms with Crippen LogP contribution in [0.5, 0.6) is 0 Å². The highest BCUT2D eigenvalue weighted by molar-refractivity contribution is 6.23. The monoisotopic (exact) mass is 526 g/mol. The molecule has 8 rings (SSSR count). The summed E-state index contributed by atoms with van der Waals surface area (Å²) >= 11 is 0. The van der Waals surface area contributed by atoms with E-state index in [1.165, 1.54) is 27.2 Å². The molecule has 3 heterocycles. The highest BCUT2D eigenvalue weighted by Crippen LogP contribution is 2.43. The first-order valence-electron chi connectivity index (χ1n) is 13.8. The van der Waals surface area contributed by atoms with Crippen molar-refractivity contribution in [3.05, 3.63) is 158 Å². The van der Waals surface area contributed by atoms with Crippen LogP contribution in [-0.4, -0.2) is 14.1 Å². The van der Waals surface area contributed by atoms with Crippen molar-refractivity contribution in [3.63, 3.8) is 0 Å². The van der Waals surface area contributed by atoms with Crippen LogP contribution in [0.3, 0.4) is 0 Å². The van der Waals surface area contributed by atoms with E-state index in [2.05, 4.69) is 165 Å². The van der Waals surface area contributed by atoms with Crippen LogP contribution in [-0.2, 0) is 0 Å². The molecule has 4 nitrogen and oxygen atoms in total. The predicted octanol–water partition coefficient (Wildman–Crippen LogP) is 9.59. The summed E-state index contributed by atoms with van der Waals surface area (Å²) in [6, 6.07) is 51.5. The fraction of sp³-hybridized carbons (Fsp3) is 0. The van der Waals surface area contributed by atoms with E-state index in [0.717, 1.165) is 34.1 Å². The van der Waals surface area contributed by atoms with E-state index in [0.29, 0.717) is 0 Å². The molecule has 0 atom stereocenters. The van der Waals surface area contributed by atoms with E-state index in [1.807, 2.05) is 12.4 Å². The lowest BCUT2D eigenvalue weighted by atomic mass is 10.1. The second-order valence-electron chi connectivity index (χ2n) is 10.1. The Morgan fingerprint density at radius 3 is 1.63 bits per heavy atom. The molecule has 0 amide bonds. The maximum Gasteiger partial charge on any atom is 0.131 e. The van der Waals surface area contributed by atoms with Crippen LogP contribution >= 0.6 is 0 Å². The second-order valence-corrected chi connectivity index (χ2v) is 10.1. The highest BCUT2D eigenvalue weighted by atomic mass is 15.2. The van der Waals surface area contributed by atoms with Gasteiger partial charge in [-0.05, 0) is 72.8 Å². The van der Waals surface area contributed by atoms with E-state index in [1.54, 1.807) is 0 Å². The zero-order valence-corrected chi connectivity index (χ0v) is 22.3. The first-order valence-corrected chi connectivity index (χ1v) is 13.8. The number of nitrogens with zero attached hydrogens (tertiary/aromatic N) is 4. The number of aromatic nitrogens is 3. The quantitative estimate of drug-likeness (QED) is 0.223. The van der Waals surface area contributed by atoms with Crippen molar-refractivity contribution >= 4 is 49.9 Å². The summed E-state index contributed by atoms with van der Waals surface area (Å²) in [6.07, 6.45) is 3.70. The van der Waals surface area contributed by atoms with Gasteiger partial charge in [0.2, 0.25) is 0 Å². The Balaban J connectivity index is 1.51. The van der Waals surface area contributed by atoms with Crippen molar-refractivity contribution in [2.45, 2.75) is 0 Å². The molecule has 41 heavy (non-hydrogen) atoms. The summed E-state index contributed by atoms with van der Waals surface area (Å²) in [5, 5.41) is 3.69. The van der Waals surface area contributed by atoms with Crippen molar-refractivity contribution in [2.24, 2.45) is 0 Å². The minimum atomic E-state index is 1.07. The Hall–Kier alpha value is -5.61. The smallest absolute Gasteiger partial charge is 0.131 e. The van der Waals surface area contributed by atoms with E-state index >= 15 is 0 Å². The number of anilines is 3. The molecule has 0 radical (unpaired) electrons. The minimum absolute atomic E-state index is 1.07. The van der Waals surface area contributed by atoms with Crippen molar-refractivity contribution in [2.75, 3.05) is 4.90 Å². The average Bonchev–Trinajstić information content (AvgIpc) is 3.55. The Morgan fingerprint density at radius 1 is 0.439 bits per heavy atom. The normalized spacial score (nSPS) is 11.4. The number of pyridine rings is 1. The number of para-hydroxylation sites is 4. The fourth-order valence-corrected chi connectivity index (χ4v) is 6.07. The van der Waals surface area contributed by atoms with Gasteiger partial charge in [0, 0.05) is 57.0 Å². The molecule has 0 aliphatic carbocycles. The summed E-state index contributed by atoms with van der Waals surface area (Å²) in [7, 11) is 0. The lowest BCUT2D eigenvalue weighted by molar-refractivity contribution is 1.07. The maximum absolute atomic E-state index is 4.28. The summed E-state index contributed by atoms with van der Waals surface area (Å²) in [5.74, 6) is 0. The molecular weight excluding hydrogens is 500 g/mol. The van der Waals surface area contributed by atoms with Crippen molar-refractivity contribution in [3.8, 4) is 11.4 Å². The van der Waals surface area contributed by atoms with Crippen molar-refractivity contribution < 1.29 is 0 Å². The van der Waals surface area contributed by atoms with Crippen LogP contribution in [0.4, 0.5) is 17.1 Å². The van der Waals surface area contributed by atoms with Gasteiger partial charge in [-0.2, -0.15) is 0 Å². The van der Waals surface area contributed by atoms with Crippen LogP contribution in [0.2, 0.25) is 0 Å². The number of hydrogen-bond acceptors (Lipinski definition) is 2. The van der Waals surface area contributed by atoms with E-state index in [-0.39, 0.29) is 0 Å². The maximum atomic E-state index is 4.28. The zero-order chi connectivity index (χ0) is 27.2. The molecule has 0 aliphatic rings. The van der Waals surface area contributed by atoms with Gasteiger partial charge >= 0.3 is 0 Å². The van der Waals surface area contributed by atoms with Gasteiger partial charge in [-0.15, -0.1) is 0 Å². The van der Waals surface area contributed by atoms with Crippen LogP contribution < -0.4 is 4.90 Å². The molecule has 3 aromatic heterocycles. The summed E-state index contributed by atoms with van der Waals surface area (Å²) in [6.45, 7) is 0. The van der Waals surface area contributed by atoms with Crippen LogP contribution in [0.15, 0.2) is 158 Å². The number of fused-ring (bicyclic) bond motifs is 5. The predicted molar refractivity (Wildman–Crippen MR) is 170 cm³/mol. The van der Waals surface area contributed by atoms with Gasteiger partial charge in [-0.1, -0.05) is 72.8 Å². The molecule has 0 unspecified atom stereocenters. The van der Waals surface area contributed by atoms with Crippen LogP contribution in [0.25, 0.3) is 44.2 Å². The molecule has 0 N–H and O–H groups in total. The lowest BCUT2D eigenvalue weighted by Crippen LogP contribution is -2.09. The van der Waals surface area contributed by atoms with Crippen molar-refractivity contribution in [1.29, 1.82) is 0 Å². The van der Waals surface area contributed by atoms with Gasteiger partial charge in [0.15, 0.2) is 0 Å². The largest absolute Gasteiger partial charge is 0.310 e. The first-order chi connectivity index (χ1) is 20.4. The Morgan fingerprint density at radius 2 is 0.976 bits per heavy atom. The second kappa shape index (κ2) is 9.54. The van der Waals surface area contributed by atoms with Gasteiger partial charge in [-0.25, -0.2) is 0 Å². The summed E-state index contributed by atoms with van der Waals surface area (Å²) in [4.78, 5) is 6.57. The molecular formula is C37H26N4. The molecule has 0 aliphatic heterocycles. The van der Waals surface area contributed by atoms with E-state index < -0.39 is 0 Å². The third-order valence-electron chi connectivity index (χ3n) is 7.77. The highest BCUT2D eigenvalue weighted by Gasteiger charge is 2.23. The fourth-order valence-electron chi connectivity index (χ4n) is 6.07. The van der Waals surface area contributed by atoms with Gasteiger partial charge in [0.05, 0.1) is 11.0 Å². The summed E-state index contributed by atoms with van der Waals surface area (Å²) in [5.41, 5.74) is 9.05. The van der Waals surface area contributed by atoms with Crippen LogP contribution in [0, 0.1) is 0 Å². The third-order valence-corrected chi connectivity index (χ3v) is 7.77. The third kappa shape index (κ3) is 3.73. The van der Waals surface area contributed by atoms with Crippen LogP contribution in [0.1, 0.15) is 0 Å². The van der Waals surface area contributed by atoms with E-state index in [9.17, 15) is 0 Å². The molecule has 0 bridgehead atoms. The van der Waals surface area contributed by atoms with Gasteiger partial charge in [0.25, 0.3) is 0 Å². The Kier molecular flexibility index (Phi) is 5.42. The minimum Gasteiger partial charge on any atom is -0.310 e. The topological polar surface area (TPSA) is 26.0 Å². The van der Waals surface area contributed by atoms with Gasteiger partial charge in [0.1, 0.15) is 5.65 Å². The van der Waals surface area contributed by atoms with E-state index in [4.69, 9.17) is 0 Å². The molecule has 0 saturated carbocycles. The lowest BCUT2D eigenvalue weighted by Gasteiger charge is -2.25. The first kappa shape index (κ1) is 23.3. The summed E-state index contributed by atoms with van der Waals surface area (Å²) < 4.78 is 4.80. The molecule has 5 aromatic carbocycles. The molecule has 0 fully saturated rings. The molecule has 194 valence electrons. The number of hydrogen-bond donors (Lipinski definition) is 0. The Bertz CT molecular complexity index is 2090. The molecule has 4 heteroatoms. The van der Waals surface area contributed by atoms with Gasteiger partial charge < -0.3 is 4.90 Å². The average molecular weight is 527 g/mol. The number of benzene rings is 5. The molecule has 0 saturated heterocycles. The Labute approximate surface area is 238 Å². The van der Waals surface area contributed by atoms with Gasteiger partial charge in [-0.3, -0.25) is 14.1 Å². The SMILES string of the molecule is c1ccc(N(c2ccncc2)c2ccc3c(c2)c2c4ccccc4n(-c4ccccc4)c2n3-c2ccccc2)cc1. The zero-order valence-electron chi connectivity index (χ0n) is 22.3. The molecule has 8 aromatic rings. The molecule has 0 spiro atoms. The standard InChI is InChI=1S/C37H26N4/c1-4-12-27(13-5-1)39(30-22-24-38-25-23-30)31-20-21-35-33(26-31)36-32-18-10-11-19-34(32)40(28-14-6-2-7-15-28)37(36)41(35)29-16-8-3-9-17-29/h1-26H.